The number of aromatic nitrogens is 1. The predicted molar refractivity (Wildman–Crippen MR) is 53.1 cm³/mol. The molecule has 0 aliphatic rings. The Morgan fingerprint density at radius 3 is 2.56 bits per heavy atom. The Morgan fingerprint density at radius 2 is 1.94 bits per heavy atom. The minimum absolute atomic E-state index is 0.0505. The molecule has 5 heteroatoms. The van der Waals surface area contributed by atoms with Gasteiger partial charge in [-0.3, -0.25) is 0 Å². The van der Waals surface area contributed by atoms with Gasteiger partial charge in [0, 0.05) is 29.6 Å². The lowest BCUT2D eigenvalue weighted by atomic mass is 10.0. The number of carboxylic acid groups (broad SMARTS) is 1. The molecule has 0 spiro atoms. The number of hydrogen-bond donors (Lipinski definition) is 2. The number of aromatic amines is 1. The van der Waals surface area contributed by atoms with E-state index in [0.29, 0.717) is 6.07 Å². The van der Waals surface area contributed by atoms with E-state index < -0.39 is 17.6 Å². The molecule has 16 heavy (non-hydrogen) atoms. The van der Waals surface area contributed by atoms with Gasteiger partial charge in [0.1, 0.15) is 11.6 Å². The van der Waals surface area contributed by atoms with Crippen molar-refractivity contribution in [2.24, 2.45) is 0 Å². The maximum Gasteiger partial charge on any atom is 0.337 e. The monoisotopic (exact) mass is 223 g/mol. The molecule has 0 amide bonds. The van der Waals surface area contributed by atoms with Gasteiger partial charge in [-0.2, -0.15) is 0 Å². The average molecular weight is 223 g/mol. The summed E-state index contributed by atoms with van der Waals surface area (Å²) in [5.74, 6) is -2.66. The highest BCUT2D eigenvalue weighted by Crippen LogP contribution is 2.26. The van der Waals surface area contributed by atoms with E-state index in [0.717, 1.165) is 6.07 Å². The molecule has 1 aromatic carbocycles. The Balaban J connectivity index is 2.59. The fourth-order valence-corrected chi connectivity index (χ4v) is 1.47. The van der Waals surface area contributed by atoms with Crippen LogP contribution in [0.25, 0.3) is 11.1 Å². The van der Waals surface area contributed by atoms with Crippen molar-refractivity contribution in [2.45, 2.75) is 0 Å². The summed E-state index contributed by atoms with van der Waals surface area (Å²) in [6, 6.07) is 3.01. The first-order valence-electron chi connectivity index (χ1n) is 4.45. The van der Waals surface area contributed by atoms with Crippen LogP contribution in [0.4, 0.5) is 8.78 Å². The molecule has 2 rings (SSSR count). The number of rotatable bonds is 2. The van der Waals surface area contributed by atoms with E-state index in [1.165, 1.54) is 18.5 Å². The molecule has 0 unspecified atom stereocenters. The number of benzene rings is 1. The number of aromatic carboxylic acids is 1. The highest BCUT2D eigenvalue weighted by molar-refractivity contribution is 5.95. The molecular formula is C11H7F2NO2. The normalized spacial score (nSPS) is 10.4. The second-order valence-corrected chi connectivity index (χ2v) is 3.21. The zero-order chi connectivity index (χ0) is 11.7. The van der Waals surface area contributed by atoms with Gasteiger partial charge >= 0.3 is 5.97 Å². The van der Waals surface area contributed by atoms with Crippen LogP contribution in [0.1, 0.15) is 10.4 Å². The summed E-state index contributed by atoms with van der Waals surface area (Å²) in [6.45, 7) is 0. The maximum atomic E-state index is 13.4. The van der Waals surface area contributed by atoms with Crippen LogP contribution in [0.5, 0.6) is 0 Å². The van der Waals surface area contributed by atoms with E-state index in [-0.39, 0.29) is 16.7 Å². The summed E-state index contributed by atoms with van der Waals surface area (Å²) < 4.78 is 26.1. The molecule has 0 aliphatic heterocycles. The van der Waals surface area contributed by atoms with Gasteiger partial charge in [0.2, 0.25) is 0 Å². The predicted octanol–water partition coefficient (Wildman–Crippen LogP) is 2.66. The Bertz CT molecular complexity index is 549. The molecule has 82 valence electrons. The van der Waals surface area contributed by atoms with Crippen LogP contribution in [0.3, 0.4) is 0 Å². The Labute approximate surface area is 89.3 Å². The molecule has 0 radical (unpaired) electrons. The highest BCUT2D eigenvalue weighted by Gasteiger charge is 2.15. The minimum Gasteiger partial charge on any atom is -0.478 e. The van der Waals surface area contributed by atoms with Crippen molar-refractivity contribution in [1.29, 1.82) is 0 Å². The van der Waals surface area contributed by atoms with E-state index >= 15 is 0 Å². The summed E-state index contributed by atoms with van der Waals surface area (Å²) >= 11 is 0. The lowest BCUT2D eigenvalue weighted by Gasteiger charge is -2.02. The number of nitrogens with one attached hydrogen (secondary N) is 1. The number of carboxylic acids is 1. The number of halogens is 2. The quantitative estimate of drug-likeness (QED) is 0.822. The van der Waals surface area contributed by atoms with Crippen LogP contribution in [0.15, 0.2) is 30.6 Å². The van der Waals surface area contributed by atoms with Crippen molar-refractivity contribution in [3.63, 3.8) is 0 Å². The molecule has 2 aromatic rings. The van der Waals surface area contributed by atoms with Crippen molar-refractivity contribution in [3.05, 3.63) is 47.8 Å². The van der Waals surface area contributed by atoms with Crippen molar-refractivity contribution < 1.29 is 18.7 Å². The third-order valence-corrected chi connectivity index (χ3v) is 2.20. The van der Waals surface area contributed by atoms with Gasteiger partial charge in [0.25, 0.3) is 0 Å². The maximum absolute atomic E-state index is 13.4. The first kappa shape index (κ1) is 10.4. The van der Waals surface area contributed by atoms with E-state index in [9.17, 15) is 13.6 Å². The van der Waals surface area contributed by atoms with Crippen molar-refractivity contribution >= 4 is 5.97 Å². The van der Waals surface area contributed by atoms with Crippen LogP contribution in [0, 0.1) is 11.6 Å². The smallest absolute Gasteiger partial charge is 0.337 e. The Hall–Kier alpha value is -2.17. The van der Waals surface area contributed by atoms with Crippen LogP contribution >= 0.6 is 0 Å². The van der Waals surface area contributed by atoms with Crippen molar-refractivity contribution in [2.75, 3.05) is 0 Å². The van der Waals surface area contributed by atoms with Gasteiger partial charge in [0.15, 0.2) is 0 Å². The number of carbonyl (C=O) groups is 1. The van der Waals surface area contributed by atoms with Crippen molar-refractivity contribution in [1.82, 2.24) is 4.98 Å². The molecule has 0 saturated carbocycles. The fraction of sp³-hybridized carbons (Fsp3) is 0. The number of H-pyrrole nitrogens is 1. The van der Waals surface area contributed by atoms with Crippen LogP contribution in [-0.2, 0) is 0 Å². The molecular weight excluding hydrogens is 216 g/mol. The van der Waals surface area contributed by atoms with Crippen molar-refractivity contribution in [3.8, 4) is 11.1 Å². The lowest BCUT2D eigenvalue weighted by Crippen LogP contribution is -1.97. The van der Waals surface area contributed by atoms with E-state index in [1.54, 1.807) is 0 Å². The van der Waals surface area contributed by atoms with E-state index in [1.807, 2.05) is 0 Å². The standard InChI is InChI=1S/C11H7F2NO2/c12-6-1-2-7(10(13)3-6)8-4-14-5-9(8)11(15)16/h1-5,14H,(H,15,16). The van der Waals surface area contributed by atoms with E-state index in [4.69, 9.17) is 5.11 Å². The lowest BCUT2D eigenvalue weighted by molar-refractivity contribution is 0.0698. The van der Waals surface area contributed by atoms with Gasteiger partial charge in [-0.15, -0.1) is 0 Å². The van der Waals surface area contributed by atoms with Gasteiger partial charge in [-0.1, -0.05) is 0 Å². The van der Waals surface area contributed by atoms with Gasteiger partial charge < -0.3 is 10.1 Å². The SMILES string of the molecule is O=C(O)c1c[nH]cc1-c1ccc(F)cc1F. The molecule has 1 aromatic heterocycles. The molecule has 0 bridgehead atoms. The molecule has 0 saturated heterocycles. The molecule has 3 nitrogen and oxygen atoms in total. The average Bonchev–Trinajstić information content (AvgIpc) is 2.66. The largest absolute Gasteiger partial charge is 0.478 e. The van der Waals surface area contributed by atoms with Gasteiger partial charge in [-0.25, -0.2) is 13.6 Å². The Kier molecular flexibility index (Phi) is 2.44. The zero-order valence-corrected chi connectivity index (χ0v) is 8.00. The van der Waals surface area contributed by atoms with E-state index in [2.05, 4.69) is 4.98 Å². The summed E-state index contributed by atoms with van der Waals surface area (Å²) in [7, 11) is 0. The Morgan fingerprint density at radius 1 is 1.19 bits per heavy atom. The zero-order valence-electron chi connectivity index (χ0n) is 8.00. The topological polar surface area (TPSA) is 53.1 Å². The molecule has 0 fully saturated rings. The number of hydrogen-bond acceptors (Lipinski definition) is 1. The van der Waals surface area contributed by atoms with Crippen LogP contribution in [-0.4, -0.2) is 16.1 Å². The molecule has 2 N–H and O–H groups in total. The van der Waals surface area contributed by atoms with Gasteiger partial charge in [-0.05, 0) is 12.1 Å². The first-order valence-corrected chi connectivity index (χ1v) is 4.45. The summed E-state index contributed by atoms with van der Waals surface area (Å²) in [6.07, 6.45) is 2.61. The first-order chi connectivity index (χ1) is 7.59. The summed E-state index contributed by atoms with van der Waals surface area (Å²) in [5.41, 5.74) is 0.204. The van der Waals surface area contributed by atoms with Crippen LogP contribution < -0.4 is 0 Å². The van der Waals surface area contributed by atoms with Crippen LogP contribution in [0.2, 0.25) is 0 Å². The second-order valence-electron chi connectivity index (χ2n) is 3.21. The highest BCUT2D eigenvalue weighted by atomic mass is 19.1. The minimum atomic E-state index is -1.17. The molecule has 1 heterocycles. The fourth-order valence-electron chi connectivity index (χ4n) is 1.47. The molecule has 0 atom stereocenters. The summed E-state index contributed by atoms with van der Waals surface area (Å²) in [4.78, 5) is 13.4. The second kappa shape index (κ2) is 3.77. The molecule has 0 aliphatic carbocycles. The third-order valence-electron chi connectivity index (χ3n) is 2.20. The third kappa shape index (κ3) is 1.67. The van der Waals surface area contributed by atoms with Gasteiger partial charge in [0.05, 0.1) is 5.56 Å². The summed E-state index contributed by atoms with van der Waals surface area (Å²) in [5, 5.41) is 8.84.